The van der Waals surface area contributed by atoms with Crippen LogP contribution in [-0.2, 0) is 10.2 Å². The van der Waals surface area contributed by atoms with Crippen molar-refractivity contribution in [2.45, 2.75) is 52.5 Å². The molecular weight excluding hydrogens is 236 g/mol. The van der Waals surface area contributed by atoms with Gasteiger partial charge in [-0.2, -0.15) is 0 Å². The number of carbonyl (C=O) groups excluding carboxylic acids is 1. The van der Waals surface area contributed by atoms with Gasteiger partial charge < -0.3 is 10.6 Å². The SMILES string of the molecule is CCC(C)NCC(=O)Nc1ccc(C(C)(C)C)cc1. The lowest BCUT2D eigenvalue weighted by Crippen LogP contribution is -2.33. The van der Waals surface area contributed by atoms with E-state index in [-0.39, 0.29) is 11.3 Å². The van der Waals surface area contributed by atoms with Crippen LogP contribution in [0.5, 0.6) is 0 Å². The first-order valence-corrected chi connectivity index (χ1v) is 6.96. The minimum Gasteiger partial charge on any atom is -0.325 e. The average Bonchev–Trinajstić information content (AvgIpc) is 2.35. The van der Waals surface area contributed by atoms with E-state index in [0.717, 1.165) is 12.1 Å². The molecule has 0 heterocycles. The fourth-order valence-electron chi connectivity index (χ4n) is 1.67. The van der Waals surface area contributed by atoms with Gasteiger partial charge in [-0.25, -0.2) is 0 Å². The standard InChI is InChI=1S/C16H26N2O/c1-6-12(2)17-11-15(19)18-14-9-7-13(8-10-14)16(3,4)5/h7-10,12,17H,6,11H2,1-5H3,(H,18,19). The maximum absolute atomic E-state index is 11.7. The van der Waals surface area contributed by atoms with Crippen molar-refractivity contribution in [3.63, 3.8) is 0 Å². The van der Waals surface area contributed by atoms with Crippen molar-refractivity contribution in [3.05, 3.63) is 29.8 Å². The maximum atomic E-state index is 11.7. The lowest BCUT2D eigenvalue weighted by Gasteiger charge is -2.19. The molecule has 1 amide bonds. The predicted molar refractivity (Wildman–Crippen MR) is 81.5 cm³/mol. The summed E-state index contributed by atoms with van der Waals surface area (Å²) in [6, 6.07) is 8.42. The van der Waals surface area contributed by atoms with E-state index in [2.05, 4.69) is 57.4 Å². The van der Waals surface area contributed by atoms with Crippen LogP contribution in [0.15, 0.2) is 24.3 Å². The fraction of sp³-hybridized carbons (Fsp3) is 0.562. The molecule has 0 saturated heterocycles. The highest BCUT2D eigenvalue weighted by molar-refractivity contribution is 5.92. The van der Waals surface area contributed by atoms with Crippen LogP contribution in [0.3, 0.4) is 0 Å². The van der Waals surface area contributed by atoms with Crippen LogP contribution < -0.4 is 10.6 Å². The molecule has 1 aromatic carbocycles. The van der Waals surface area contributed by atoms with E-state index in [0.29, 0.717) is 12.6 Å². The Balaban J connectivity index is 2.51. The average molecular weight is 262 g/mol. The molecule has 0 saturated carbocycles. The van der Waals surface area contributed by atoms with E-state index < -0.39 is 0 Å². The zero-order valence-electron chi connectivity index (χ0n) is 12.7. The van der Waals surface area contributed by atoms with Crippen LogP contribution in [0.25, 0.3) is 0 Å². The summed E-state index contributed by atoms with van der Waals surface area (Å²) in [5, 5.41) is 6.07. The van der Waals surface area contributed by atoms with Crippen LogP contribution in [0.4, 0.5) is 5.69 Å². The smallest absolute Gasteiger partial charge is 0.238 e. The summed E-state index contributed by atoms with van der Waals surface area (Å²) >= 11 is 0. The van der Waals surface area contributed by atoms with Gasteiger partial charge in [0.25, 0.3) is 0 Å². The first-order chi connectivity index (χ1) is 8.82. The molecule has 0 fully saturated rings. The third-order valence-electron chi connectivity index (χ3n) is 3.26. The second-order valence-corrected chi connectivity index (χ2v) is 6.07. The fourth-order valence-corrected chi connectivity index (χ4v) is 1.67. The molecule has 2 N–H and O–H groups in total. The van der Waals surface area contributed by atoms with Gasteiger partial charge in [0.15, 0.2) is 0 Å². The van der Waals surface area contributed by atoms with Crippen LogP contribution in [0, 0.1) is 0 Å². The summed E-state index contributed by atoms with van der Waals surface area (Å²) in [5.41, 5.74) is 2.26. The van der Waals surface area contributed by atoms with Gasteiger partial charge in [0, 0.05) is 11.7 Å². The van der Waals surface area contributed by atoms with Crippen LogP contribution in [0.2, 0.25) is 0 Å². The van der Waals surface area contributed by atoms with Gasteiger partial charge in [-0.3, -0.25) is 4.79 Å². The van der Waals surface area contributed by atoms with Gasteiger partial charge in [0.05, 0.1) is 6.54 Å². The van der Waals surface area contributed by atoms with Gasteiger partial charge in [-0.15, -0.1) is 0 Å². The number of amides is 1. The number of rotatable bonds is 5. The zero-order valence-corrected chi connectivity index (χ0v) is 12.7. The number of benzene rings is 1. The second-order valence-electron chi connectivity index (χ2n) is 6.07. The van der Waals surface area contributed by atoms with Crippen molar-refractivity contribution in [1.82, 2.24) is 5.32 Å². The number of carbonyl (C=O) groups is 1. The van der Waals surface area contributed by atoms with E-state index in [4.69, 9.17) is 0 Å². The molecule has 1 aromatic rings. The Morgan fingerprint density at radius 1 is 1.21 bits per heavy atom. The van der Waals surface area contributed by atoms with Crippen LogP contribution in [-0.4, -0.2) is 18.5 Å². The van der Waals surface area contributed by atoms with Gasteiger partial charge in [-0.1, -0.05) is 39.8 Å². The van der Waals surface area contributed by atoms with Crippen molar-refractivity contribution in [2.24, 2.45) is 0 Å². The Hall–Kier alpha value is -1.35. The largest absolute Gasteiger partial charge is 0.325 e. The van der Waals surface area contributed by atoms with Crippen molar-refractivity contribution in [3.8, 4) is 0 Å². The Labute approximate surface area is 116 Å². The van der Waals surface area contributed by atoms with Crippen LogP contribution in [0.1, 0.15) is 46.6 Å². The molecule has 3 heteroatoms. The van der Waals surface area contributed by atoms with Gasteiger partial charge in [0.2, 0.25) is 5.91 Å². The highest BCUT2D eigenvalue weighted by Gasteiger charge is 2.13. The van der Waals surface area contributed by atoms with Crippen molar-refractivity contribution >= 4 is 11.6 Å². The number of hydrogen-bond donors (Lipinski definition) is 2. The van der Waals surface area contributed by atoms with E-state index in [9.17, 15) is 4.79 Å². The highest BCUT2D eigenvalue weighted by Crippen LogP contribution is 2.23. The molecule has 106 valence electrons. The maximum Gasteiger partial charge on any atom is 0.238 e. The topological polar surface area (TPSA) is 41.1 Å². The molecule has 0 radical (unpaired) electrons. The van der Waals surface area contributed by atoms with Crippen molar-refractivity contribution in [2.75, 3.05) is 11.9 Å². The Morgan fingerprint density at radius 3 is 2.26 bits per heavy atom. The first-order valence-electron chi connectivity index (χ1n) is 6.96. The molecule has 0 aliphatic heterocycles. The molecule has 0 spiro atoms. The molecule has 0 aromatic heterocycles. The quantitative estimate of drug-likeness (QED) is 0.854. The Morgan fingerprint density at radius 2 is 1.79 bits per heavy atom. The molecule has 0 aliphatic carbocycles. The molecule has 3 nitrogen and oxygen atoms in total. The monoisotopic (exact) mass is 262 g/mol. The number of nitrogens with one attached hydrogen (secondary N) is 2. The zero-order chi connectivity index (χ0) is 14.5. The first kappa shape index (κ1) is 15.7. The van der Waals surface area contributed by atoms with Crippen molar-refractivity contribution in [1.29, 1.82) is 0 Å². The summed E-state index contributed by atoms with van der Waals surface area (Å²) in [4.78, 5) is 11.7. The highest BCUT2D eigenvalue weighted by atomic mass is 16.1. The predicted octanol–water partition coefficient (Wildman–Crippen LogP) is 3.31. The molecule has 0 bridgehead atoms. The minimum atomic E-state index is 0.00353. The van der Waals surface area contributed by atoms with Gasteiger partial charge in [0.1, 0.15) is 0 Å². The molecule has 19 heavy (non-hydrogen) atoms. The number of anilines is 1. The molecule has 1 rings (SSSR count). The summed E-state index contributed by atoms with van der Waals surface area (Å²) in [6.45, 7) is 11.1. The Kier molecular flexibility index (Phi) is 5.55. The second kappa shape index (κ2) is 6.71. The normalized spacial score (nSPS) is 13.1. The summed E-state index contributed by atoms with van der Waals surface area (Å²) in [6.07, 6.45) is 1.02. The van der Waals surface area contributed by atoms with Gasteiger partial charge in [-0.05, 0) is 36.5 Å². The molecule has 0 aliphatic rings. The lowest BCUT2D eigenvalue weighted by molar-refractivity contribution is -0.115. The number of hydrogen-bond acceptors (Lipinski definition) is 2. The summed E-state index contributed by atoms with van der Waals surface area (Å²) < 4.78 is 0. The summed E-state index contributed by atoms with van der Waals surface area (Å²) in [5.74, 6) is 0.00353. The van der Waals surface area contributed by atoms with Crippen LogP contribution >= 0.6 is 0 Å². The van der Waals surface area contributed by atoms with E-state index in [1.165, 1.54) is 5.56 Å². The van der Waals surface area contributed by atoms with Gasteiger partial charge >= 0.3 is 0 Å². The molecule has 1 unspecified atom stereocenters. The molecule has 1 atom stereocenters. The molecular formula is C16H26N2O. The Bertz CT molecular complexity index is 404. The van der Waals surface area contributed by atoms with E-state index in [1.54, 1.807) is 0 Å². The van der Waals surface area contributed by atoms with E-state index in [1.807, 2.05) is 12.1 Å². The summed E-state index contributed by atoms with van der Waals surface area (Å²) in [7, 11) is 0. The lowest BCUT2D eigenvalue weighted by atomic mass is 9.87. The third-order valence-corrected chi connectivity index (χ3v) is 3.26. The minimum absolute atomic E-state index is 0.00353. The van der Waals surface area contributed by atoms with E-state index >= 15 is 0 Å². The van der Waals surface area contributed by atoms with Crippen molar-refractivity contribution < 1.29 is 4.79 Å². The third kappa shape index (κ3) is 5.43.